The number of aryl methyl sites for hydroxylation is 2. The van der Waals surface area contributed by atoms with Gasteiger partial charge in [0.05, 0.1) is 4.88 Å². The molecular formula is C14H16N2OS. The van der Waals surface area contributed by atoms with Crippen molar-refractivity contribution >= 4 is 28.6 Å². The van der Waals surface area contributed by atoms with Crippen LogP contribution >= 0.6 is 11.3 Å². The van der Waals surface area contributed by atoms with Crippen molar-refractivity contribution in [3.63, 3.8) is 0 Å². The summed E-state index contributed by atoms with van der Waals surface area (Å²) in [6, 6.07) is 5.72. The third-order valence-electron chi connectivity index (χ3n) is 3.02. The molecule has 2 rings (SSSR count). The van der Waals surface area contributed by atoms with E-state index in [2.05, 4.69) is 5.32 Å². The number of carbonyl (C=O) groups excluding carboxylic acids is 1. The van der Waals surface area contributed by atoms with Crippen LogP contribution in [-0.4, -0.2) is 5.91 Å². The zero-order valence-electron chi connectivity index (χ0n) is 10.7. The maximum atomic E-state index is 12.2. The van der Waals surface area contributed by atoms with Crippen LogP contribution in [-0.2, 0) is 0 Å². The van der Waals surface area contributed by atoms with E-state index < -0.39 is 0 Å². The number of nitrogens with two attached hydrogens (primary N) is 1. The van der Waals surface area contributed by atoms with Gasteiger partial charge in [0.1, 0.15) is 0 Å². The summed E-state index contributed by atoms with van der Waals surface area (Å²) in [6.07, 6.45) is 0. The fourth-order valence-corrected chi connectivity index (χ4v) is 2.65. The van der Waals surface area contributed by atoms with E-state index in [4.69, 9.17) is 5.73 Å². The van der Waals surface area contributed by atoms with Crippen LogP contribution in [0, 0.1) is 20.8 Å². The first-order chi connectivity index (χ1) is 8.50. The zero-order valence-corrected chi connectivity index (χ0v) is 11.5. The number of carbonyl (C=O) groups is 1. The highest BCUT2D eigenvalue weighted by Crippen LogP contribution is 2.26. The van der Waals surface area contributed by atoms with Gasteiger partial charge in [-0.1, -0.05) is 6.07 Å². The van der Waals surface area contributed by atoms with Gasteiger partial charge in [0.2, 0.25) is 0 Å². The highest BCUT2D eigenvalue weighted by Gasteiger charge is 2.13. The number of nitrogens with one attached hydrogen (secondary N) is 1. The van der Waals surface area contributed by atoms with Gasteiger partial charge in [-0.15, -0.1) is 11.3 Å². The minimum atomic E-state index is -0.0701. The van der Waals surface area contributed by atoms with E-state index in [-0.39, 0.29) is 5.91 Å². The van der Waals surface area contributed by atoms with Gasteiger partial charge in [0.25, 0.3) is 5.91 Å². The molecule has 3 N–H and O–H groups in total. The molecule has 0 saturated carbocycles. The Balaban J connectivity index is 2.33. The molecule has 0 aliphatic heterocycles. The van der Waals surface area contributed by atoms with E-state index in [0.717, 1.165) is 27.3 Å². The van der Waals surface area contributed by atoms with Crippen molar-refractivity contribution in [2.24, 2.45) is 0 Å². The van der Waals surface area contributed by atoms with Crippen molar-refractivity contribution in [1.82, 2.24) is 0 Å². The number of hydrogen-bond acceptors (Lipinski definition) is 3. The van der Waals surface area contributed by atoms with Crippen molar-refractivity contribution in [3.8, 4) is 0 Å². The summed E-state index contributed by atoms with van der Waals surface area (Å²) in [6.45, 7) is 5.81. The van der Waals surface area contributed by atoms with Gasteiger partial charge in [0, 0.05) is 11.4 Å². The molecule has 0 unspecified atom stereocenters. The predicted octanol–water partition coefficient (Wildman–Crippen LogP) is 3.51. The Bertz CT molecular complexity index is 602. The van der Waals surface area contributed by atoms with Crippen molar-refractivity contribution in [1.29, 1.82) is 0 Å². The third kappa shape index (κ3) is 2.24. The fourth-order valence-electron chi connectivity index (χ4n) is 1.83. The molecule has 18 heavy (non-hydrogen) atoms. The van der Waals surface area contributed by atoms with Crippen LogP contribution in [0.4, 0.5) is 11.4 Å². The number of thiophene rings is 1. The summed E-state index contributed by atoms with van der Waals surface area (Å²) in [5.74, 6) is -0.0701. The molecule has 4 heteroatoms. The molecule has 0 aliphatic rings. The van der Waals surface area contributed by atoms with Crippen molar-refractivity contribution in [2.45, 2.75) is 20.8 Å². The second kappa shape index (κ2) is 4.82. The second-order valence-electron chi connectivity index (χ2n) is 4.36. The second-order valence-corrected chi connectivity index (χ2v) is 5.27. The molecule has 0 saturated heterocycles. The Morgan fingerprint density at radius 3 is 2.50 bits per heavy atom. The van der Waals surface area contributed by atoms with E-state index in [9.17, 15) is 4.79 Å². The first-order valence-corrected chi connectivity index (χ1v) is 6.59. The summed E-state index contributed by atoms with van der Waals surface area (Å²) < 4.78 is 0. The highest BCUT2D eigenvalue weighted by atomic mass is 32.1. The molecule has 0 aliphatic carbocycles. The van der Waals surface area contributed by atoms with Crippen molar-refractivity contribution < 1.29 is 4.79 Å². The Morgan fingerprint density at radius 2 is 1.89 bits per heavy atom. The minimum absolute atomic E-state index is 0.0701. The van der Waals surface area contributed by atoms with E-state index in [1.165, 1.54) is 11.3 Å². The van der Waals surface area contributed by atoms with Gasteiger partial charge in [-0.2, -0.15) is 0 Å². The molecule has 94 valence electrons. The lowest BCUT2D eigenvalue weighted by Crippen LogP contribution is -2.14. The first kappa shape index (κ1) is 12.6. The average Bonchev–Trinajstić information content (AvgIpc) is 2.76. The van der Waals surface area contributed by atoms with Crippen LogP contribution < -0.4 is 11.1 Å². The van der Waals surface area contributed by atoms with Gasteiger partial charge in [-0.05, 0) is 55.0 Å². The maximum Gasteiger partial charge on any atom is 0.266 e. The number of nitrogen functional groups attached to an aromatic ring is 1. The Morgan fingerprint density at radius 1 is 1.17 bits per heavy atom. The largest absolute Gasteiger partial charge is 0.398 e. The van der Waals surface area contributed by atoms with Gasteiger partial charge in [-0.25, -0.2) is 0 Å². The van der Waals surface area contributed by atoms with Crippen LogP contribution in [0.2, 0.25) is 0 Å². The molecule has 0 fully saturated rings. The number of hydrogen-bond donors (Lipinski definition) is 2. The third-order valence-corrected chi connectivity index (χ3v) is 4.04. The standard InChI is InChI=1S/C14H16N2OS/c1-8-4-5-11(15)10(3)12(8)16-14(17)13-9(2)6-7-18-13/h4-7H,15H2,1-3H3,(H,16,17). The van der Waals surface area contributed by atoms with E-state index >= 15 is 0 Å². The smallest absolute Gasteiger partial charge is 0.266 e. The zero-order chi connectivity index (χ0) is 13.3. The van der Waals surface area contributed by atoms with Crippen molar-refractivity contribution in [2.75, 3.05) is 11.1 Å². The topological polar surface area (TPSA) is 55.1 Å². The number of benzene rings is 1. The Hall–Kier alpha value is -1.81. The normalized spacial score (nSPS) is 10.4. The van der Waals surface area contributed by atoms with Crippen LogP contribution in [0.5, 0.6) is 0 Å². The summed E-state index contributed by atoms with van der Waals surface area (Å²) in [4.78, 5) is 12.9. The minimum Gasteiger partial charge on any atom is -0.398 e. The van der Waals surface area contributed by atoms with Crippen LogP contribution in [0.15, 0.2) is 23.6 Å². The highest BCUT2D eigenvalue weighted by molar-refractivity contribution is 7.12. The SMILES string of the molecule is Cc1ccsc1C(=O)Nc1c(C)ccc(N)c1C. The summed E-state index contributed by atoms with van der Waals surface area (Å²) in [5, 5.41) is 4.87. The van der Waals surface area contributed by atoms with Crippen LogP contribution in [0.1, 0.15) is 26.4 Å². The van der Waals surface area contributed by atoms with Gasteiger partial charge in [-0.3, -0.25) is 4.79 Å². The molecule has 3 nitrogen and oxygen atoms in total. The Kier molecular flexibility index (Phi) is 3.39. The molecule has 0 spiro atoms. The first-order valence-electron chi connectivity index (χ1n) is 5.72. The fraction of sp³-hybridized carbons (Fsp3) is 0.214. The molecule has 2 aromatic rings. The van der Waals surface area contributed by atoms with E-state index in [0.29, 0.717) is 5.69 Å². The van der Waals surface area contributed by atoms with Gasteiger partial charge < -0.3 is 11.1 Å². The lowest BCUT2D eigenvalue weighted by atomic mass is 10.1. The van der Waals surface area contributed by atoms with Crippen molar-refractivity contribution in [3.05, 3.63) is 45.1 Å². The number of amides is 1. The molecule has 1 aromatic heterocycles. The van der Waals surface area contributed by atoms with E-state index in [1.807, 2.05) is 44.4 Å². The molecule has 1 heterocycles. The summed E-state index contributed by atoms with van der Waals surface area (Å²) >= 11 is 1.45. The monoisotopic (exact) mass is 260 g/mol. The van der Waals surface area contributed by atoms with Gasteiger partial charge in [0.15, 0.2) is 0 Å². The van der Waals surface area contributed by atoms with Crippen LogP contribution in [0.25, 0.3) is 0 Å². The maximum absolute atomic E-state index is 12.2. The Labute approximate surface area is 111 Å². The summed E-state index contributed by atoms with van der Waals surface area (Å²) in [7, 11) is 0. The lowest BCUT2D eigenvalue weighted by Gasteiger charge is -2.13. The quantitative estimate of drug-likeness (QED) is 0.812. The molecular weight excluding hydrogens is 244 g/mol. The van der Waals surface area contributed by atoms with Crippen LogP contribution in [0.3, 0.4) is 0 Å². The molecule has 0 atom stereocenters. The van der Waals surface area contributed by atoms with Gasteiger partial charge >= 0.3 is 0 Å². The molecule has 0 radical (unpaired) electrons. The number of anilines is 2. The molecule has 1 amide bonds. The predicted molar refractivity (Wildman–Crippen MR) is 77.3 cm³/mol. The van der Waals surface area contributed by atoms with E-state index in [1.54, 1.807) is 0 Å². The average molecular weight is 260 g/mol. The number of rotatable bonds is 2. The summed E-state index contributed by atoms with van der Waals surface area (Å²) in [5.41, 5.74) is 10.3. The molecule has 1 aromatic carbocycles. The lowest BCUT2D eigenvalue weighted by molar-refractivity contribution is 0.103. The molecule has 0 bridgehead atoms.